The molecule has 3 N–H and O–H groups in total. The summed E-state index contributed by atoms with van der Waals surface area (Å²) >= 11 is 0. The molecule has 164 valence electrons. The number of nitrogens with one attached hydrogen (secondary N) is 2. The largest absolute Gasteiger partial charge is 0.475 e. The first-order valence-electron chi connectivity index (χ1n) is 9.92. The van der Waals surface area contributed by atoms with Gasteiger partial charge in [-0.1, -0.05) is 47.5 Å². The zero-order valence-corrected chi connectivity index (χ0v) is 18.7. The molecule has 0 spiro atoms. The molecule has 1 heterocycles. The monoisotopic (exact) mass is 441 g/mol. The molecule has 7 nitrogen and oxygen atoms in total. The fourth-order valence-electron chi connectivity index (χ4n) is 3.10. The third kappa shape index (κ3) is 6.19. The number of nitrogens with zero attached hydrogens (tertiary/aromatic N) is 1. The molecule has 3 rings (SSSR count). The molecule has 0 saturated heterocycles. The van der Waals surface area contributed by atoms with Crippen molar-refractivity contribution in [1.29, 1.82) is 0 Å². The molecule has 0 amide bonds. The van der Waals surface area contributed by atoms with Crippen molar-refractivity contribution in [1.82, 2.24) is 4.72 Å². The van der Waals surface area contributed by atoms with Crippen molar-refractivity contribution in [2.75, 3.05) is 17.9 Å². The predicted molar refractivity (Wildman–Crippen MR) is 124 cm³/mol. The Hall–Kier alpha value is -3.10. The molecular formula is C23H27N3O4S. The van der Waals surface area contributed by atoms with Gasteiger partial charge in [-0.3, -0.25) is 9.44 Å². The van der Waals surface area contributed by atoms with Gasteiger partial charge < -0.3 is 9.84 Å². The minimum atomic E-state index is -3.92. The minimum Gasteiger partial charge on any atom is -0.475 e. The van der Waals surface area contributed by atoms with E-state index in [2.05, 4.69) is 14.4 Å². The van der Waals surface area contributed by atoms with Crippen LogP contribution in [0.15, 0.2) is 71.0 Å². The molecule has 2 aromatic rings. The maximum atomic E-state index is 12.9. The van der Waals surface area contributed by atoms with Crippen LogP contribution in [0.4, 0.5) is 5.69 Å². The van der Waals surface area contributed by atoms with Crippen molar-refractivity contribution < 1.29 is 18.3 Å². The first-order chi connectivity index (χ1) is 14.8. The first kappa shape index (κ1) is 22.6. The van der Waals surface area contributed by atoms with Gasteiger partial charge >= 0.3 is 10.2 Å². The number of hydrogen-bond donors (Lipinski definition) is 3. The third-order valence-corrected chi connectivity index (χ3v) is 5.62. The van der Waals surface area contributed by atoms with E-state index in [1.807, 2.05) is 57.2 Å². The van der Waals surface area contributed by atoms with Crippen LogP contribution in [-0.4, -0.2) is 32.6 Å². The molecule has 2 aromatic carbocycles. The molecule has 0 bridgehead atoms. The minimum absolute atomic E-state index is 0.0444. The number of aryl methyl sites for hydroxylation is 2. The molecule has 0 aliphatic carbocycles. The summed E-state index contributed by atoms with van der Waals surface area (Å²) < 4.78 is 36.8. The lowest BCUT2D eigenvalue weighted by atomic mass is 10.00. The summed E-state index contributed by atoms with van der Waals surface area (Å²) in [7, 11) is -3.92. The average molecular weight is 442 g/mol. The number of rotatable bonds is 7. The Balaban J connectivity index is 2.03. The highest BCUT2D eigenvalue weighted by Crippen LogP contribution is 2.28. The molecule has 0 radical (unpaired) electrons. The van der Waals surface area contributed by atoms with Crippen molar-refractivity contribution in [3.05, 3.63) is 82.7 Å². The average Bonchev–Trinajstić information content (AvgIpc) is 2.86. The lowest BCUT2D eigenvalue weighted by molar-refractivity contribution is 0.195. The van der Waals surface area contributed by atoms with E-state index in [0.717, 1.165) is 22.3 Å². The summed E-state index contributed by atoms with van der Waals surface area (Å²) in [6.07, 6.45) is 1.99. The number of aliphatic hydroxyl groups excluding tert-OH is 1. The zero-order chi connectivity index (χ0) is 22.4. The topological polar surface area (TPSA) is 100 Å². The summed E-state index contributed by atoms with van der Waals surface area (Å²) in [5.74, 6) is 0.253. The van der Waals surface area contributed by atoms with Crippen molar-refractivity contribution in [3.63, 3.8) is 0 Å². The van der Waals surface area contributed by atoms with Crippen molar-refractivity contribution >= 4 is 27.4 Å². The molecule has 0 fully saturated rings. The van der Waals surface area contributed by atoms with Gasteiger partial charge in [-0.25, -0.2) is 4.99 Å². The number of allylic oxidation sites excluding steroid dienone is 1. The van der Waals surface area contributed by atoms with Gasteiger partial charge in [0, 0.05) is 18.3 Å². The number of aliphatic imine (C=N–C) groups is 1. The van der Waals surface area contributed by atoms with Crippen molar-refractivity contribution in [2.45, 2.75) is 27.2 Å². The van der Waals surface area contributed by atoms with Crippen LogP contribution in [0.5, 0.6) is 0 Å². The quantitative estimate of drug-likeness (QED) is 0.610. The number of aliphatic hydroxyl groups is 1. The maximum Gasteiger partial charge on any atom is 0.321 e. The highest BCUT2D eigenvalue weighted by Gasteiger charge is 2.23. The summed E-state index contributed by atoms with van der Waals surface area (Å²) in [6, 6.07) is 14.7. The van der Waals surface area contributed by atoms with Gasteiger partial charge in [0.15, 0.2) is 0 Å². The smallest absolute Gasteiger partial charge is 0.321 e. The number of hydrogen-bond acceptors (Lipinski definition) is 5. The second-order valence-corrected chi connectivity index (χ2v) is 8.87. The summed E-state index contributed by atoms with van der Waals surface area (Å²) in [6.45, 7) is 5.64. The molecule has 31 heavy (non-hydrogen) atoms. The van der Waals surface area contributed by atoms with Gasteiger partial charge in [0.05, 0.1) is 17.9 Å². The van der Waals surface area contributed by atoms with Crippen molar-refractivity contribution in [3.8, 4) is 0 Å². The lowest BCUT2D eigenvalue weighted by Crippen LogP contribution is -2.31. The lowest BCUT2D eigenvalue weighted by Gasteiger charge is -2.19. The van der Waals surface area contributed by atoms with Crippen LogP contribution in [-0.2, 0) is 14.9 Å². The van der Waals surface area contributed by atoms with E-state index >= 15 is 0 Å². The Labute approximate surface area is 183 Å². The Morgan fingerprint density at radius 2 is 1.58 bits per heavy atom. The van der Waals surface area contributed by atoms with E-state index in [1.165, 1.54) is 0 Å². The summed E-state index contributed by atoms with van der Waals surface area (Å²) in [4.78, 5) is 4.40. The van der Waals surface area contributed by atoms with Gasteiger partial charge in [-0.15, -0.1) is 0 Å². The molecular weight excluding hydrogens is 414 g/mol. The first-order valence-corrected chi connectivity index (χ1v) is 11.4. The Morgan fingerprint density at radius 1 is 0.968 bits per heavy atom. The van der Waals surface area contributed by atoms with Gasteiger partial charge in [0.25, 0.3) is 0 Å². The molecule has 0 unspecified atom stereocenters. The van der Waals surface area contributed by atoms with Crippen LogP contribution < -0.4 is 9.44 Å². The van der Waals surface area contributed by atoms with Crippen LogP contribution in [0.3, 0.4) is 0 Å². The van der Waals surface area contributed by atoms with Crippen molar-refractivity contribution in [2.24, 2.45) is 4.99 Å². The standard InChI is InChI=1S/C23H27N3O4S/c1-16-4-8-19(9-5-16)22-21(14-18(3)15-24-23(22)30-13-12-27)26-31(28,29)25-20-10-6-17(2)7-11-20/h4-11,15,25-27H,12-14H2,1-3H3. The highest BCUT2D eigenvalue weighted by atomic mass is 32.2. The van der Waals surface area contributed by atoms with E-state index in [-0.39, 0.29) is 19.1 Å². The van der Waals surface area contributed by atoms with Crippen LogP contribution in [0.1, 0.15) is 30.0 Å². The zero-order valence-electron chi connectivity index (χ0n) is 17.8. The van der Waals surface area contributed by atoms with Gasteiger partial charge in [0.1, 0.15) is 6.61 Å². The highest BCUT2D eigenvalue weighted by molar-refractivity contribution is 7.90. The van der Waals surface area contributed by atoms with Crippen LogP contribution in [0.2, 0.25) is 0 Å². The molecule has 0 atom stereocenters. The van der Waals surface area contributed by atoms with Gasteiger partial charge in [-0.05, 0) is 44.0 Å². The molecule has 0 aromatic heterocycles. The maximum absolute atomic E-state index is 12.9. The fraction of sp³-hybridized carbons (Fsp3) is 0.261. The Kier molecular flexibility index (Phi) is 7.14. The Morgan fingerprint density at radius 3 is 2.19 bits per heavy atom. The molecule has 1 aliphatic heterocycles. The summed E-state index contributed by atoms with van der Waals surface area (Å²) in [5, 5.41) is 9.22. The molecule has 1 aliphatic rings. The number of ether oxygens (including phenoxy) is 1. The van der Waals surface area contributed by atoms with Gasteiger partial charge in [0.2, 0.25) is 5.90 Å². The Bertz CT molecular complexity index is 1120. The second kappa shape index (κ2) is 9.80. The third-order valence-electron chi connectivity index (χ3n) is 4.61. The SMILES string of the molecule is CC1=CN=C(OCCO)C(c2ccc(C)cc2)=C(NS(=O)(=O)Nc2ccc(C)cc2)C1. The second-order valence-electron chi connectivity index (χ2n) is 7.45. The van der Waals surface area contributed by atoms with E-state index < -0.39 is 10.2 Å². The number of anilines is 1. The molecule has 8 heteroatoms. The number of benzene rings is 2. The normalized spacial score (nSPS) is 14.5. The fourth-order valence-corrected chi connectivity index (χ4v) is 4.09. The predicted octanol–water partition coefficient (Wildman–Crippen LogP) is 3.68. The van der Waals surface area contributed by atoms with Crippen LogP contribution >= 0.6 is 0 Å². The summed E-state index contributed by atoms with van der Waals surface area (Å²) in [5.41, 5.74) is 5.17. The van der Waals surface area contributed by atoms with Crippen LogP contribution in [0, 0.1) is 13.8 Å². The molecule has 0 saturated carbocycles. The van der Waals surface area contributed by atoms with E-state index in [0.29, 0.717) is 23.4 Å². The van der Waals surface area contributed by atoms with E-state index in [1.54, 1.807) is 18.3 Å². The van der Waals surface area contributed by atoms with Crippen LogP contribution in [0.25, 0.3) is 5.57 Å². The van der Waals surface area contributed by atoms with E-state index in [4.69, 9.17) is 4.74 Å². The van der Waals surface area contributed by atoms with Gasteiger partial charge in [-0.2, -0.15) is 8.42 Å². The van der Waals surface area contributed by atoms with E-state index in [9.17, 15) is 13.5 Å².